The molecule has 2 rings (SSSR count). The van der Waals surface area contributed by atoms with E-state index in [0.29, 0.717) is 12.5 Å². The van der Waals surface area contributed by atoms with Gasteiger partial charge in [-0.05, 0) is 30.7 Å². The highest BCUT2D eigenvalue weighted by Crippen LogP contribution is 2.14. The van der Waals surface area contributed by atoms with Crippen LogP contribution >= 0.6 is 11.6 Å². The lowest BCUT2D eigenvalue weighted by Gasteiger charge is -2.07. The van der Waals surface area contributed by atoms with E-state index in [-0.39, 0.29) is 0 Å². The molecule has 0 saturated heterocycles. The smallest absolute Gasteiger partial charge is 0.215 e. The topological polar surface area (TPSA) is 34.1 Å². The van der Waals surface area contributed by atoms with Gasteiger partial charge in [-0.25, -0.2) is 0 Å². The summed E-state index contributed by atoms with van der Waals surface area (Å²) < 4.78 is 5.62. The summed E-state index contributed by atoms with van der Waals surface area (Å²) >= 11 is 5.82. The van der Waals surface area contributed by atoms with E-state index in [1.165, 1.54) is 0 Å². The molecule has 0 aliphatic rings. The van der Waals surface area contributed by atoms with E-state index < -0.39 is 0 Å². The first-order chi connectivity index (χ1) is 8.78. The zero-order chi connectivity index (χ0) is 12.8. The number of anilines is 1. The molecular weight excluding hydrogens is 248 g/mol. The molecule has 4 heteroatoms. The molecule has 0 unspecified atom stereocenters. The molecule has 0 radical (unpaired) electrons. The Labute approximate surface area is 112 Å². The van der Waals surface area contributed by atoms with Crippen molar-refractivity contribution in [2.24, 2.45) is 0 Å². The van der Waals surface area contributed by atoms with E-state index in [4.69, 9.17) is 16.3 Å². The molecule has 94 valence electrons. The molecule has 1 aromatic heterocycles. The summed E-state index contributed by atoms with van der Waals surface area (Å²) in [5.74, 6) is 1.44. The van der Waals surface area contributed by atoms with Gasteiger partial charge in [0.1, 0.15) is 12.4 Å². The Morgan fingerprint density at radius 3 is 2.67 bits per heavy atom. The summed E-state index contributed by atoms with van der Waals surface area (Å²) in [7, 11) is 0. The third-order valence-electron chi connectivity index (χ3n) is 2.38. The summed E-state index contributed by atoms with van der Waals surface area (Å²) in [5.41, 5.74) is 1.06. The van der Waals surface area contributed by atoms with E-state index in [9.17, 15) is 0 Å². The van der Waals surface area contributed by atoms with Crippen molar-refractivity contribution >= 4 is 17.4 Å². The van der Waals surface area contributed by atoms with Crippen LogP contribution in [0.5, 0.6) is 5.88 Å². The molecule has 3 nitrogen and oxygen atoms in total. The van der Waals surface area contributed by atoms with Crippen LogP contribution in [0.15, 0.2) is 42.5 Å². The quantitative estimate of drug-likeness (QED) is 0.891. The van der Waals surface area contributed by atoms with Crippen molar-refractivity contribution in [1.29, 1.82) is 0 Å². The Hall–Kier alpha value is -1.74. The van der Waals surface area contributed by atoms with Gasteiger partial charge in [0, 0.05) is 17.6 Å². The summed E-state index contributed by atoms with van der Waals surface area (Å²) in [4.78, 5) is 4.34. The van der Waals surface area contributed by atoms with Crippen molar-refractivity contribution in [3.63, 3.8) is 0 Å². The van der Waals surface area contributed by atoms with E-state index in [0.717, 1.165) is 22.9 Å². The number of pyridine rings is 1. The lowest BCUT2D eigenvalue weighted by Crippen LogP contribution is -2.01. The van der Waals surface area contributed by atoms with Crippen LogP contribution in [-0.4, -0.2) is 11.5 Å². The fraction of sp³-hybridized carbons (Fsp3) is 0.214. The van der Waals surface area contributed by atoms with Gasteiger partial charge in [0.2, 0.25) is 5.88 Å². The molecule has 0 saturated carbocycles. The maximum atomic E-state index is 5.82. The zero-order valence-electron chi connectivity index (χ0n) is 10.2. The van der Waals surface area contributed by atoms with E-state index in [1.54, 1.807) is 0 Å². The van der Waals surface area contributed by atoms with Crippen molar-refractivity contribution in [3.8, 4) is 5.88 Å². The van der Waals surface area contributed by atoms with Gasteiger partial charge < -0.3 is 10.1 Å². The average Bonchev–Trinajstić information content (AvgIpc) is 2.39. The predicted molar refractivity (Wildman–Crippen MR) is 74.2 cm³/mol. The second-order valence-corrected chi connectivity index (χ2v) is 4.24. The average molecular weight is 263 g/mol. The van der Waals surface area contributed by atoms with Crippen LogP contribution < -0.4 is 10.1 Å². The van der Waals surface area contributed by atoms with Crippen molar-refractivity contribution in [2.45, 2.75) is 13.5 Å². The second kappa shape index (κ2) is 6.26. The molecule has 0 fully saturated rings. The second-order valence-electron chi connectivity index (χ2n) is 3.81. The maximum Gasteiger partial charge on any atom is 0.215 e. The van der Waals surface area contributed by atoms with Gasteiger partial charge in [0.05, 0.1) is 0 Å². The molecule has 0 aliphatic heterocycles. The number of ether oxygens (including phenoxy) is 1. The minimum Gasteiger partial charge on any atom is -0.473 e. The van der Waals surface area contributed by atoms with Gasteiger partial charge in [0.15, 0.2) is 0 Å². The Kier molecular flexibility index (Phi) is 4.42. The van der Waals surface area contributed by atoms with Crippen LogP contribution in [0.25, 0.3) is 0 Å². The lowest BCUT2D eigenvalue weighted by molar-refractivity contribution is 0.294. The maximum absolute atomic E-state index is 5.82. The van der Waals surface area contributed by atoms with Crippen LogP contribution in [0.4, 0.5) is 5.82 Å². The number of nitrogens with one attached hydrogen (secondary N) is 1. The zero-order valence-corrected chi connectivity index (χ0v) is 10.9. The van der Waals surface area contributed by atoms with Gasteiger partial charge in [-0.15, -0.1) is 0 Å². The summed E-state index contributed by atoms with van der Waals surface area (Å²) in [6.45, 7) is 3.36. The molecule has 0 spiro atoms. The Morgan fingerprint density at radius 1 is 1.17 bits per heavy atom. The Bertz CT molecular complexity index is 499. The third-order valence-corrected chi connectivity index (χ3v) is 2.63. The molecule has 0 atom stereocenters. The fourth-order valence-corrected chi connectivity index (χ4v) is 1.64. The number of rotatable bonds is 5. The van der Waals surface area contributed by atoms with Gasteiger partial charge in [-0.2, -0.15) is 4.98 Å². The van der Waals surface area contributed by atoms with Crippen molar-refractivity contribution < 1.29 is 4.74 Å². The molecular formula is C14H15ClN2O. The van der Waals surface area contributed by atoms with Crippen molar-refractivity contribution in [3.05, 3.63) is 53.1 Å². The molecule has 1 N–H and O–H groups in total. The summed E-state index contributed by atoms with van der Waals surface area (Å²) in [6, 6.07) is 13.3. The highest BCUT2D eigenvalue weighted by Gasteiger charge is 1.99. The summed E-state index contributed by atoms with van der Waals surface area (Å²) in [6.07, 6.45) is 0. The Balaban J connectivity index is 1.97. The first kappa shape index (κ1) is 12.7. The SMILES string of the molecule is CCNc1cccc(OCc2ccc(Cl)cc2)n1. The molecule has 18 heavy (non-hydrogen) atoms. The minimum atomic E-state index is 0.486. The first-order valence-electron chi connectivity index (χ1n) is 5.86. The summed E-state index contributed by atoms with van der Waals surface area (Å²) in [5, 5.41) is 3.87. The van der Waals surface area contributed by atoms with Gasteiger partial charge in [-0.1, -0.05) is 29.8 Å². The molecule has 1 aromatic carbocycles. The van der Waals surface area contributed by atoms with Crippen LogP contribution in [0.1, 0.15) is 12.5 Å². The third kappa shape index (κ3) is 3.64. The van der Waals surface area contributed by atoms with Gasteiger partial charge in [0.25, 0.3) is 0 Å². The minimum absolute atomic E-state index is 0.486. The van der Waals surface area contributed by atoms with Crippen molar-refractivity contribution in [2.75, 3.05) is 11.9 Å². The van der Waals surface area contributed by atoms with Crippen molar-refractivity contribution in [1.82, 2.24) is 4.98 Å². The number of hydrogen-bond acceptors (Lipinski definition) is 3. The highest BCUT2D eigenvalue weighted by molar-refractivity contribution is 6.30. The molecule has 1 heterocycles. The molecule has 0 bridgehead atoms. The normalized spacial score (nSPS) is 10.1. The van der Waals surface area contributed by atoms with Crippen LogP contribution in [0.2, 0.25) is 5.02 Å². The Morgan fingerprint density at radius 2 is 1.94 bits per heavy atom. The number of nitrogens with zero attached hydrogens (tertiary/aromatic N) is 1. The standard InChI is InChI=1S/C14H15ClN2O/c1-2-16-13-4-3-5-14(17-13)18-10-11-6-8-12(15)9-7-11/h3-9H,2,10H2,1H3,(H,16,17). The highest BCUT2D eigenvalue weighted by atomic mass is 35.5. The molecule has 0 amide bonds. The predicted octanol–water partition coefficient (Wildman–Crippen LogP) is 3.75. The molecule has 2 aromatic rings. The van der Waals surface area contributed by atoms with E-state index in [2.05, 4.69) is 10.3 Å². The number of aromatic nitrogens is 1. The number of hydrogen-bond donors (Lipinski definition) is 1. The van der Waals surface area contributed by atoms with E-state index in [1.807, 2.05) is 49.4 Å². The monoisotopic (exact) mass is 262 g/mol. The largest absolute Gasteiger partial charge is 0.473 e. The number of halogens is 1. The van der Waals surface area contributed by atoms with Crippen LogP contribution in [0, 0.1) is 0 Å². The van der Waals surface area contributed by atoms with Crippen LogP contribution in [0.3, 0.4) is 0 Å². The van der Waals surface area contributed by atoms with Gasteiger partial charge in [-0.3, -0.25) is 0 Å². The van der Waals surface area contributed by atoms with Gasteiger partial charge >= 0.3 is 0 Å². The molecule has 0 aliphatic carbocycles. The first-order valence-corrected chi connectivity index (χ1v) is 6.24. The van der Waals surface area contributed by atoms with Crippen LogP contribution in [-0.2, 0) is 6.61 Å². The number of benzene rings is 1. The fourth-order valence-electron chi connectivity index (χ4n) is 1.51. The lowest BCUT2D eigenvalue weighted by atomic mass is 10.2. The van der Waals surface area contributed by atoms with E-state index >= 15 is 0 Å².